The Kier molecular flexibility index (Phi) is 7.08. The third-order valence-electron chi connectivity index (χ3n) is 3.34. The maximum absolute atomic E-state index is 12.8. The summed E-state index contributed by atoms with van der Waals surface area (Å²) in [7, 11) is 0. The Balaban J connectivity index is 2.33. The Morgan fingerprint density at radius 3 is 2.96 bits per heavy atom. The molecule has 0 spiro atoms. The van der Waals surface area contributed by atoms with Crippen molar-refractivity contribution in [3.05, 3.63) is 33.6 Å². The monoisotopic (exact) mass is 369 g/mol. The minimum atomic E-state index is -0.378. The number of thioether (sulfide) groups is 1. The van der Waals surface area contributed by atoms with Crippen LogP contribution in [0, 0.1) is 0 Å². The molecule has 1 amide bonds. The van der Waals surface area contributed by atoms with Gasteiger partial charge in [-0.05, 0) is 31.5 Å². The zero-order chi connectivity index (χ0) is 17.5. The van der Waals surface area contributed by atoms with E-state index in [1.165, 1.54) is 11.8 Å². The van der Waals surface area contributed by atoms with E-state index in [9.17, 15) is 9.59 Å². The van der Waals surface area contributed by atoms with Gasteiger partial charge in [-0.2, -0.15) is 0 Å². The number of carbonyl (C=O) groups is 1. The summed E-state index contributed by atoms with van der Waals surface area (Å²) < 4.78 is 6.96. The summed E-state index contributed by atoms with van der Waals surface area (Å²) in [5.41, 5.74) is 5.61. The molecule has 0 fully saturated rings. The van der Waals surface area contributed by atoms with Crippen LogP contribution >= 0.6 is 23.4 Å². The molecule has 6 nitrogen and oxygen atoms in total. The van der Waals surface area contributed by atoms with E-state index < -0.39 is 0 Å². The number of fused-ring (bicyclic) bond motifs is 1. The average Bonchev–Trinajstić information content (AvgIpc) is 2.53. The second-order valence-corrected chi connectivity index (χ2v) is 6.63. The molecule has 1 aromatic heterocycles. The first-order valence-corrected chi connectivity index (χ1v) is 9.08. The number of hydrogen-bond acceptors (Lipinski definition) is 5. The van der Waals surface area contributed by atoms with Crippen molar-refractivity contribution >= 4 is 40.2 Å². The van der Waals surface area contributed by atoms with Crippen molar-refractivity contribution in [2.24, 2.45) is 5.73 Å². The van der Waals surface area contributed by atoms with E-state index in [-0.39, 0.29) is 17.9 Å². The third kappa shape index (κ3) is 4.96. The highest BCUT2D eigenvalue weighted by Gasteiger charge is 2.12. The Labute approximate surface area is 149 Å². The summed E-state index contributed by atoms with van der Waals surface area (Å²) in [6.07, 6.45) is 0.935. The number of ether oxygens (including phenoxy) is 1. The zero-order valence-electron chi connectivity index (χ0n) is 13.5. The van der Waals surface area contributed by atoms with Crippen LogP contribution in [0.2, 0.25) is 5.02 Å². The van der Waals surface area contributed by atoms with Gasteiger partial charge in [-0.1, -0.05) is 23.4 Å². The predicted octanol–water partition coefficient (Wildman–Crippen LogP) is 2.44. The van der Waals surface area contributed by atoms with Crippen LogP contribution in [0.15, 0.2) is 28.2 Å². The summed E-state index contributed by atoms with van der Waals surface area (Å²) in [5.74, 6) is 0.0934. The van der Waals surface area contributed by atoms with Crippen molar-refractivity contribution in [2.75, 3.05) is 19.0 Å². The van der Waals surface area contributed by atoms with E-state index in [4.69, 9.17) is 22.1 Å². The summed E-state index contributed by atoms with van der Waals surface area (Å²) in [6.45, 7) is 3.65. The van der Waals surface area contributed by atoms with Gasteiger partial charge in [-0.15, -0.1) is 0 Å². The van der Waals surface area contributed by atoms with Crippen molar-refractivity contribution in [3.63, 3.8) is 0 Å². The van der Waals surface area contributed by atoms with E-state index in [1.807, 2.05) is 6.92 Å². The Morgan fingerprint density at radius 2 is 2.25 bits per heavy atom. The fraction of sp³-hybridized carbons (Fsp3) is 0.438. The quantitative estimate of drug-likeness (QED) is 0.416. The van der Waals surface area contributed by atoms with Crippen LogP contribution in [-0.2, 0) is 16.1 Å². The van der Waals surface area contributed by atoms with Crippen molar-refractivity contribution in [1.29, 1.82) is 0 Å². The number of hydrogen-bond donors (Lipinski definition) is 1. The molecule has 0 unspecified atom stereocenters. The third-order valence-corrected chi connectivity index (χ3v) is 4.55. The summed E-state index contributed by atoms with van der Waals surface area (Å²) in [5, 5.41) is 1.61. The largest absolute Gasteiger partial charge is 0.382 e. The molecule has 0 aliphatic heterocycles. The van der Waals surface area contributed by atoms with Gasteiger partial charge in [0.25, 0.3) is 5.56 Å². The van der Waals surface area contributed by atoms with Crippen LogP contribution in [0.25, 0.3) is 10.9 Å². The minimum Gasteiger partial charge on any atom is -0.382 e. The molecule has 1 heterocycles. The first-order valence-electron chi connectivity index (χ1n) is 7.72. The first-order chi connectivity index (χ1) is 11.5. The topological polar surface area (TPSA) is 87.2 Å². The standard InChI is InChI=1S/C16H20ClN3O3S/c1-2-23-8-3-7-20-15(22)12-5-4-11(17)10-13(12)19-16(20)24-9-6-14(18)21/h4-5,10H,2-3,6-9H2,1H3,(H2,18,21). The van der Waals surface area contributed by atoms with Gasteiger partial charge in [-0.3, -0.25) is 14.2 Å². The minimum absolute atomic E-state index is 0.116. The lowest BCUT2D eigenvalue weighted by molar-refractivity contribution is -0.117. The van der Waals surface area contributed by atoms with E-state index in [0.29, 0.717) is 53.0 Å². The molecule has 8 heteroatoms. The molecule has 0 radical (unpaired) electrons. The number of carbonyl (C=O) groups excluding carboxylic acids is 1. The van der Waals surface area contributed by atoms with Gasteiger partial charge < -0.3 is 10.5 Å². The Hall–Kier alpha value is -1.57. The predicted molar refractivity (Wildman–Crippen MR) is 96.7 cm³/mol. The molecule has 0 atom stereocenters. The summed E-state index contributed by atoms with van der Waals surface area (Å²) in [4.78, 5) is 28.2. The van der Waals surface area contributed by atoms with Gasteiger partial charge in [0.05, 0.1) is 10.9 Å². The number of rotatable bonds is 9. The Bertz CT molecular complexity index is 779. The van der Waals surface area contributed by atoms with E-state index >= 15 is 0 Å². The highest BCUT2D eigenvalue weighted by Crippen LogP contribution is 2.21. The van der Waals surface area contributed by atoms with Crippen LogP contribution in [0.4, 0.5) is 0 Å². The SMILES string of the molecule is CCOCCCn1c(SCCC(N)=O)nc2cc(Cl)ccc2c1=O. The lowest BCUT2D eigenvalue weighted by Crippen LogP contribution is -2.24. The maximum atomic E-state index is 12.8. The van der Waals surface area contributed by atoms with Gasteiger partial charge >= 0.3 is 0 Å². The van der Waals surface area contributed by atoms with Gasteiger partial charge in [0.2, 0.25) is 5.91 Å². The van der Waals surface area contributed by atoms with Gasteiger partial charge in [-0.25, -0.2) is 4.98 Å². The van der Waals surface area contributed by atoms with Crippen molar-refractivity contribution in [2.45, 2.75) is 31.5 Å². The number of aromatic nitrogens is 2. The highest BCUT2D eigenvalue weighted by atomic mass is 35.5. The molecule has 2 N–H and O–H groups in total. The molecule has 2 rings (SSSR count). The number of halogens is 1. The molecule has 0 aliphatic carbocycles. The summed E-state index contributed by atoms with van der Waals surface area (Å²) >= 11 is 7.34. The molecule has 24 heavy (non-hydrogen) atoms. The number of benzene rings is 1. The van der Waals surface area contributed by atoms with Crippen LogP contribution in [0.5, 0.6) is 0 Å². The van der Waals surface area contributed by atoms with Crippen molar-refractivity contribution in [1.82, 2.24) is 9.55 Å². The lowest BCUT2D eigenvalue weighted by atomic mass is 10.2. The second-order valence-electron chi connectivity index (χ2n) is 5.13. The molecule has 2 aromatic rings. The molecule has 0 bridgehead atoms. The molecule has 0 aliphatic rings. The Morgan fingerprint density at radius 1 is 1.46 bits per heavy atom. The van der Waals surface area contributed by atoms with Crippen molar-refractivity contribution in [3.8, 4) is 0 Å². The number of amides is 1. The molecule has 130 valence electrons. The normalized spacial score (nSPS) is 11.1. The van der Waals surface area contributed by atoms with E-state index in [1.54, 1.807) is 22.8 Å². The van der Waals surface area contributed by atoms with E-state index in [0.717, 1.165) is 0 Å². The van der Waals surface area contributed by atoms with Gasteiger partial charge in [0.1, 0.15) is 0 Å². The molecule has 0 saturated carbocycles. The fourth-order valence-electron chi connectivity index (χ4n) is 2.19. The number of nitrogens with zero attached hydrogens (tertiary/aromatic N) is 2. The molecule has 1 aromatic carbocycles. The fourth-order valence-corrected chi connectivity index (χ4v) is 3.34. The highest BCUT2D eigenvalue weighted by molar-refractivity contribution is 7.99. The lowest BCUT2D eigenvalue weighted by Gasteiger charge is -2.13. The van der Waals surface area contributed by atoms with Gasteiger partial charge in [0, 0.05) is 37.0 Å². The molecular weight excluding hydrogens is 350 g/mol. The smallest absolute Gasteiger partial charge is 0.262 e. The molecule has 0 saturated heterocycles. The van der Waals surface area contributed by atoms with E-state index in [2.05, 4.69) is 4.98 Å². The van der Waals surface area contributed by atoms with Crippen molar-refractivity contribution < 1.29 is 9.53 Å². The summed E-state index contributed by atoms with van der Waals surface area (Å²) in [6, 6.07) is 5.03. The van der Waals surface area contributed by atoms with Crippen LogP contribution in [0.1, 0.15) is 19.8 Å². The van der Waals surface area contributed by atoms with Crippen LogP contribution < -0.4 is 11.3 Å². The van der Waals surface area contributed by atoms with Gasteiger partial charge in [0.15, 0.2) is 5.16 Å². The maximum Gasteiger partial charge on any atom is 0.262 e. The average molecular weight is 370 g/mol. The molecular formula is C16H20ClN3O3S. The zero-order valence-corrected chi connectivity index (χ0v) is 15.0. The first kappa shape index (κ1) is 18.8. The second kappa shape index (κ2) is 9.05. The number of nitrogens with two attached hydrogens (primary N) is 1. The van der Waals surface area contributed by atoms with Crippen LogP contribution in [-0.4, -0.2) is 34.4 Å². The van der Waals surface area contributed by atoms with Crippen LogP contribution in [0.3, 0.4) is 0 Å². The number of primary amides is 1.